The van der Waals surface area contributed by atoms with E-state index in [9.17, 15) is 14.4 Å². The molecule has 2 N–H and O–H groups in total. The lowest BCUT2D eigenvalue weighted by molar-refractivity contribution is -0.145. The van der Waals surface area contributed by atoms with Crippen LogP contribution < -0.4 is 5.32 Å². The number of hydrogen-bond donors (Lipinski definition) is 2. The Morgan fingerprint density at radius 1 is 1.32 bits per heavy atom. The predicted octanol–water partition coefficient (Wildman–Crippen LogP) is 2.11. The summed E-state index contributed by atoms with van der Waals surface area (Å²) in [6.45, 7) is 6.80. The summed E-state index contributed by atoms with van der Waals surface area (Å²) in [5, 5.41) is 11.7. The van der Waals surface area contributed by atoms with Gasteiger partial charge in [-0.2, -0.15) is 0 Å². The summed E-state index contributed by atoms with van der Waals surface area (Å²) < 4.78 is 5.25. The molecule has 7 nitrogen and oxygen atoms in total. The number of ether oxygens (including phenoxy) is 1. The summed E-state index contributed by atoms with van der Waals surface area (Å²) in [6, 6.07) is 6.57. The van der Waals surface area contributed by atoms with Crippen molar-refractivity contribution in [2.75, 3.05) is 6.54 Å². The highest BCUT2D eigenvalue weighted by Crippen LogP contribution is 2.29. The van der Waals surface area contributed by atoms with Crippen LogP contribution in [0.15, 0.2) is 24.3 Å². The molecule has 1 aliphatic rings. The van der Waals surface area contributed by atoms with Gasteiger partial charge in [-0.25, -0.2) is 4.79 Å². The Labute approximate surface area is 147 Å². The van der Waals surface area contributed by atoms with Crippen molar-refractivity contribution in [1.29, 1.82) is 0 Å². The Morgan fingerprint density at radius 3 is 2.56 bits per heavy atom. The number of fused-ring (bicyclic) bond motifs is 1. The number of carboxylic acids is 1. The van der Waals surface area contributed by atoms with Gasteiger partial charge < -0.3 is 20.1 Å². The standard InChI is InChI=1S/C18H24N2O5/c1-11-13-8-6-5-7-12(13)9-20(10-14(21)22)16(23)15(11)19-17(24)25-18(2,3)4/h5-8,11,15H,9-10H2,1-4H3,(H,19,24)(H,21,22)/t11-,15-/m0/s1. The molecule has 0 radical (unpaired) electrons. The van der Waals surface area contributed by atoms with Crippen LogP contribution in [0, 0.1) is 0 Å². The molecule has 2 rings (SSSR count). The minimum absolute atomic E-state index is 0.193. The highest BCUT2D eigenvalue weighted by atomic mass is 16.6. The third-order valence-electron chi connectivity index (χ3n) is 3.98. The van der Waals surface area contributed by atoms with Crippen molar-refractivity contribution in [3.05, 3.63) is 35.4 Å². The number of alkyl carbamates (subject to hydrolysis) is 1. The third kappa shape index (κ3) is 4.71. The number of carboxylic acid groups (broad SMARTS) is 1. The van der Waals surface area contributed by atoms with E-state index >= 15 is 0 Å². The van der Waals surface area contributed by atoms with Crippen LogP contribution in [0.3, 0.4) is 0 Å². The molecule has 1 aromatic carbocycles. The summed E-state index contributed by atoms with van der Waals surface area (Å²) in [6.07, 6.45) is -0.702. The first kappa shape index (κ1) is 18.8. The topological polar surface area (TPSA) is 95.9 Å². The lowest BCUT2D eigenvalue weighted by Gasteiger charge is -2.28. The number of carbonyl (C=O) groups is 3. The first-order valence-electron chi connectivity index (χ1n) is 8.16. The van der Waals surface area contributed by atoms with Crippen LogP contribution in [0.2, 0.25) is 0 Å². The highest BCUT2D eigenvalue weighted by Gasteiger charge is 2.37. The Morgan fingerprint density at radius 2 is 1.96 bits per heavy atom. The minimum atomic E-state index is -1.10. The molecule has 1 aliphatic heterocycles. The van der Waals surface area contributed by atoms with Gasteiger partial charge in [0, 0.05) is 12.5 Å². The van der Waals surface area contributed by atoms with Crippen molar-refractivity contribution < 1.29 is 24.2 Å². The molecule has 1 heterocycles. The lowest BCUT2D eigenvalue weighted by Crippen LogP contribution is -2.51. The van der Waals surface area contributed by atoms with Gasteiger partial charge in [0.15, 0.2) is 0 Å². The van der Waals surface area contributed by atoms with Crippen molar-refractivity contribution in [2.45, 2.75) is 51.8 Å². The van der Waals surface area contributed by atoms with Crippen molar-refractivity contribution in [2.24, 2.45) is 0 Å². The molecule has 7 heteroatoms. The fourth-order valence-electron chi connectivity index (χ4n) is 2.91. The zero-order chi connectivity index (χ0) is 18.8. The summed E-state index contributed by atoms with van der Waals surface area (Å²) in [5.74, 6) is -1.84. The number of nitrogens with zero attached hydrogens (tertiary/aromatic N) is 1. The molecule has 1 aromatic rings. The second-order valence-electron chi connectivity index (χ2n) is 7.20. The fraction of sp³-hybridized carbons (Fsp3) is 0.500. The SMILES string of the molecule is C[C@H]1c2ccccc2CN(CC(=O)O)C(=O)[C@H]1NC(=O)OC(C)(C)C. The van der Waals surface area contributed by atoms with Crippen molar-refractivity contribution in [3.63, 3.8) is 0 Å². The molecule has 0 saturated carbocycles. The molecule has 0 fully saturated rings. The van der Waals surface area contributed by atoms with E-state index in [1.165, 1.54) is 4.90 Å². The van der Waals surface area contributed by atoms with Crippen LogP contribution in [0.1, 0.15) is 44.7 Å². The molecule has 0 bridgehead atoms. The van der Waals surface area contributed by atoms with E-state index in [0.29, 0.717) is 0 Å². The lowest BCUT2D eigenvalue weighted by atomic mass is 9.91. The second-order valence-corrected chi connectivity index (χ2v) is 7.20. The van der Waals surface area contributed by atoms with E-state index in [0.717, 1.165) is 11.1 Å². The summed E-state index contributed by atoms with van der Waals surface area (Å²) in [5.41, 5.74) is 1.09. The molecular formula is C18H24N2O5. The van der Waals surface area contributed by atoms with Crippen molar-refractivity contribution in [3.8, 4) is 0 Å². The van der Waals surface area contributed by atoms with E-state index in [1.54, 1.807) is 20.8 Å². The van der Waals surface area contributed by atoms with E-state index in [1.807, 2.05) is 31.2 Å². The number of rotatable bonds is 3. The van der Waals surface area contributed by atoms with Gasteiger partial charge in [-0.05, 0) is 31.9 Å². The number of benzene rings is 1. The molecule has 0 unspecified atom stereocenters. The predicted molar refractivity (Wildman–Crippen MR) is 91.1 cm³/mol. The molecule has 25 heavy (non-hydrogen) atoms. The smallest absolute Gasteiger partial charge is 0.408 e. The first-order chi connectivity index (χ1) is 11.6. The molecule has 0 aliphatic carbocycles. The number of aliphatic carboxylic acids is 1. The molecule has 0 aromatic heterocycles. The number of amides is 2. The zero-order valence-electron chi connectivity index (χ0n) is 14.9. The maximum absolute atomic E-state index is 12.9. The summed E-state index contributed by atoms with van der Waals surface area (Å²) >= 11 is 0. The fourth-order valence-corrected chi connectivity index (χ4v) is 2.91. The monoisotopic (exact) mass is 348 g/mol. The number of hydrogen-bond acceptors (Lipinski definition) is 4. The summed E-state index contributed by atoms with van der Waals surface area (Å²) in [4.78, 5) is 37.4. The van der Waals surface area contributed by atoms with Crippen LogP contribution in [-0.2, 0) is 20.9 Å². The van der Waals surface area contributed by atoms with Crippen LogP contribution in [0.25, 0.3) is 0 Å². The van der Waals surface area contributed by atoms with Gasteiger partial charge in [0.05, 0.1) is 0 Å². The van der Waals surface area contributed by atoms with Gasteiger partial charge in [0.25, 0.3) is 0 Å². The van der Waals surface area contributed by atoms with E-state index in [2.05, 4.69) is 5.32 Å². The zero-order valence-corrected chi connectivity index (χ0v) is 14.9. The second kappa shape index (κ2) is 7.13. The van der Waals surface area contributed by atoms with Gasteiger partial charge in [0.2, 0.25) is 5.91 Å². The molecule has 0 saturated heterocycles. The molecule has 136 valence electrons. The molecule has 2 amide bonds. The number of carbonyl (C=O) groups excluding carboxylic acids is 2. The van der Waals surface area contributed by atoms with Crippen LogP contribution in [0.4, 0.5) is 4.79 Å². The molecule has 2 atom stereocenters. The Bertz CT molecular complexity index is 680. The first-order valence-corrected chi connectivity index (χ1v) is 8.16. The minimum Gasteiger partial charge on any atom is -0.480 e. The average Bonchev–Trinajstić information content (AvgIpc) is 2.57. The molecule has 0 spiro atoms. The van der Waals surface area contributed by atoms with Gasteiger partial charge >= 0.3 is 12.1 Å². The molecular weight excluding hydrogens is 324 g/mol. The van der Waals surface area contributed by atoms with E-state index in [4.69, 9.17) is 9.84 Å². The van der Waals surface area contributed by atoms with E-state index < -0.39 is 36.2 Å². The average molecular weight is 348 g/mol. The van der Waals surface area contributed by atoms with Gasteiger partial charge in [0.1, 0.15) is 18.2 Å². The largest absolute Gasteiger partial charge is 0.480 e. The van der Waals surface area contributed by atoms with E-state index in [-0.39, 0.29) is 12.5 Å². The maximum Gasteiger partial charge on any atom is 0.408 e. The highest BCUT2D eigenvalue weighted by molar-refractivity contribution is 5.89. The number of nitrogens with one attached hydrogen (secondary N) is 1. The van der Waals surface area contributed by atoms with Crippen LogP contribution in [-0.4, -0.2) is 46.2 Å². The van der Waals surface area contributed by atoms with Crippen LogP contribution >= 0.6 is 0 Å². The Balaban J connectivity index is 2.33. The van der Waals surface area contributed by atoms with Gasteiger partial charge in [-0.3, -0.25) is 9.59 Å². The maximum atomic E-state index is 12.9. The Hall–Kier alpha value is -2.57. The van der Waals surface area contributed by atoms with Gasteiger partial charge in [-0.15, -0.1) is 0 Å². The Kier molecular flexibility index (Phi) is 5.35. The summed E-state index contributed by atoms with van der Waals surface area (Å²) in [7, 11) is 0. The van der Waals surface area contributed by atoms with Crippen molar-refractivity contribution in [1.82, 2.24) is 10.2 Å². The third-order valence-corrected chi connectivity index (χ3v) is 3.98. The quantitative estimate of drug-likeness (QED) is 0.872. The van der Waals surface area contributed by atoms with Gasteiger partial charge in [-0.1, -0.05) is 31.2 Å². The van der Waals surface area contributed by atoms with Crippen LogP contribution in [0.5, 0.6) is 0 Å². The normalized spacial score (nSPS) is 20.5. The van der Waals surface area contributed by atoms with Crippen molar-refractivity contribution >= 4 is 18.0 Å².